The number of hydrogen-bond acceptors (Lipinski definition) is 2. The van der Waals surface area contributed by atoms with Gasteiger partial charge in [0.1, 0.15) is 5.82 Å². The van der Waals surface area contributed by atoms with Crippen molar-refractivity contribution in [2.45, 2.75) is 39.0 Å². The van der Waals surface area contributed by atoms with Crippen LogP contribution in [0.15, 0.2) is 22.7 Å². The molecule has 0 saturated carbocycles. The Labute approximate surface area is 104 Å². The SMILES string of the molecule is CC(NCc1cc(F)ccc1Br)C(C)(C)O. The standard InChI is InChI=1S/C12H17BrFNO/c1-8(12(2,3)16)15-7-9-6-10(14)4-5-11(9)13/h4-6,8,15-16H,7H2,1-3H3. The van der Waals surface area contributed by atoms with Crippen LogP contribution in [0.4, 0.5) is 4.39 Å². The second kappa shape index (κ2) is 5.25. The summed E-state index contributed by atoms with van der Waals surface area (Å²) in [6, 6.07) is 4.50. The third-order valence-electron chi connectivity index (χ3n) is 2.67. The van der Waals surface area contributed by atoms with Gasteiger partial charge < -0.3 is 10.4 Å². The molecule has 90 valence electrons. The van der Waals surface area contributed by atoms with Gasteiger partial charge in [-0.05, 0) is 44.5 Å². The summed E-state index contributed by atoms with van der Waals surface area (Å²) in [5.74, 6) is -0.254. The van der Waals surface area contributed by atoms with E-state index in [2.05, 4.69) is 21.2 Å². The Bertz CT molecular complexity index is 363. The van der Waals surface area contributed by atoms with Crippen LogP contribution in [0.3, 0.4) is 0 Å². The van der Waals surface area contributed by atoms with E-state index in [0.29, 0.717) is 6.54 Å². The van der Waals surface area contributed by atoms with E-state index in [1.165, 1.54) is 12.1 Å². The molecule has 0 heterocycles. The lowest BCUT2D eigenvalue weighted by Gasteiger charge is -2.27. The maximum Gasteiger partial charge on any atom is 0.123 e. The Morgan fingerprint density at radius 1 is 1.50 bits per heavy atom. The lowest BCUT2D eigenvalue weighted by Crippen LogP contribution is -2.44. The van der Waals surface area contributed by atoms with Crippen LogP contribution < -0.4 is 5.32 Å². The van der Waals surface area contributed by atoms with E-state index < -0.39 is 5.60 Å². The predicted molar refractivity (Wildman–Crippen MR) is 66.7 cm³/mol. The first-order chi connectivity index (χ1) is 7.30. The van der Waals surface area contributed by atoms with E-state index >= 15 is 0 Å². The summed E-state index contributed by atoms with van der Waals surface area (Å²) in [6.45, 7) is 5.90. The monoisotopic (exact) mass is 289 g/mol. The third-order valence-corrected chi connectivity index (χ3v) is 3.44. The van der Waals surface area contributed by atoms with Gasteiger partial charge in [-0.1, -0.05) is 15.9 Å². The van der Waals surface area contributed by atoms with Crippen LogP contribution in [0.5, 0.6) is 0 Å². The van der Waals surface area contributed by atoms with Crippen molar-refractivity contribution in [3.8, 4) is 0 Å². The maximum absolute atomic E-state index is 13.0. The van der Waals surface area contributed by atoms with Gasteiger partial charge in [0, 0.05) is 17.1 Å². The van der Waals surface area contributed by atoms with Crippen molar-refractivity contribution >= 4 is 15.9 Å². The Morgan fingerprint density at radius 2 is 2.12 bits per heavy atom. The molecule has 1 aromatic carbocycles. The van der Waals surface area contributed by atoms with Crippen molar-refractivity contribution in [1.82, 2.24) is 5.32 Å². The molecule has 0 fully saturated rings. The van der Waals surface area contributed by atoms with Crippen molar-refractivity contribution in [3.05, 3.63) is 34.1 Å². The molecular weight excluding hydrogens is 273 g/mol. The topological polar surface area (TPSA) is 32.3 Å². The molecule has 0 spiro atoms. The van der Waals surface area contributed by atoms with Gasteiger partial charge in [-0.25, -0.2) is 4.39 Å². The number of hydrogen-bond donors (Lipinski definition) is 2. The Kier molecular flexibility index (Phi) is 4.47. The van der Waals surface area contributed by atoms with Gasteiger partial charge in [0.05, 0.1) is 5.60 Å². The third kappa shape index (κ3) is 3.85. The molecule has 0 saturated heterocycles. The van der Waals surface area contributed by atoms with E-state index in [1.54, 1.807) is 19.9 Å². The fourth-order valence-corrected chi connectivity index (χ4v) is 1.58. The molecule has 0 aliphatic rings. The first-order valence-corrected chi connectivity index (χ1v) is 5.99. The summed E-state index contributed by atoms with van der Waals surface area (Å²) in [5, 5.41) is 12.9. The lowest BCUT2D eigenvalue weighted by atomic mass is 10.0. The molecule has 1 unspecified atom stereocenters. The first kappa shape index (κ1) is 13.6. The fourth-order valence-electron chi connectivity index (χ4n) is 1.19. The molecule has 0 radical (unpaired) electrons. The number of nitrogens with one attached hydrogen (secondary N) is 1. The molecule has 2 nitrogen and oxygen atoms in total. The minimum absolute atomic E-state index is 0.0670. The fraction of sp³-hybridized carbons (Fsp3) is 0.500. The van der Waals surface area contributed by atoms with E-state index in [-0.39, 0.29) is 11.9 Å². The second-order valence-electron chi connectivity index (χ2n) is 4.49. The van der Waals surface area contributed by atoms with Crippen molar-refractivity contribution in [2.75, 3.05) is 0 Å². The van der Waals surface area contributed by atoms with Gasteiger partial charge in [0.15, 0.2) is 0 Å². The van der Waals surface area contributed by atoms with Gasteiger partial charge in [0.2, 0.25) is 0 Å². The summed E-state index contributed by atoms with van der Waals surface area (Å²) < 4.78 is 13.9. The molecule has 1 atom stereocenters. The predicted octanol–water partition coefficient (Wildman–Crippen LogP) is 2.84. The van der Waals surface area contributed by atoms with Crippen LogP contribution in [-0.4, -0.2) is 16.7 Å². The van der Waals surface area contributed by atoms with Crippen LogP contribution in [0.2, 0.25) is 0 Å². The van der Waals surface area contributed by atoms with E-state index in [0.717, 1.165) is 10.0 Å². The van der Waals surface area contributed by atoms with Gasteiger partial charge >= 0.3 is 0 Å². The average molecular weight is 290 g/mol. The molecule has 0 aliphatic carbocycles. The molecule has 0 aromatic heterocycles. The van der Waals surface area contributed by atoms with Crippen LogP contribution in [-0.2, 0) is 6.54 Å². The molecule has 0 aliphatic heterocycles. The smallest absolute Gasteiger partial charge is 0.123 e. The van der Waals surface area contributed by atoms with E-state index in [9.17, 15) is 9.50 Å². The normalized spacial score (nSPS) is 13.9. The highest BCUT2D eigenvalue weighted by Gasteiger charge is 2.21. The lowest BCUT2D eigenvalue weighted by molar-refractivity contribution is 0.0437. The number of halogens is 2. The maximum atomic E-state index is 13.0. The quantitative estimate of drug-likeness (QED) is 0.893. The number of rotatable bonds is 4. The second-order valence-corrected chi connectivity index (χ2v) is 5.35. The highest BCUT2D eigenvalue weighted by molar-refractivity contribution is 9.10. The summed E-state index contributed by atoms with van der Waals surface area (Å²) in [4.78, 5) is 0. The molecule has 1 aromatic rings. The number of aliphatic hydroxyl groups is 1. The van der Waals surface area contributed by atoms with Crippen LogP contribution in [0.1, 0.15) is 26.3 Å². The Hall–Kier alpha value is -0.450. The average Bonchev–Trinajstić information content (AvgIpc) is 2.17. The zero-order chi connectivity index (χ0) is 12.3. The van der Waals surface area contributed by atoms with Crippen LogP contribution >= 0.6 is 15.9 Å². The van der Waals surface area contributed by atoms with Gasteiger partial charge in [-0.2, -0.15) is 0 Å². The Balaban J connectivity index is 2.64. The zero-order valence-electron chi connectivity index (χ0n) is 9.72. The summed E-state index contributed by atoms with van der Waals surface area (Å²) in [7, 11) is 0. The van der Waals surface area contributed by atoms with Crippen molar-refractivity contribution < 1.29 is 9.50 Å². The van der Waals surface area contributed by atoms with Gasteiger partial charge in [-0.3, -0.25) is 0 Å². The molecule has 16 heavy (non-hydrogen) atoms. The minimum atomic E-state index is -0.792. The van der Waals surface area contributed by atoms with E-state index in [4.69, 9.17) is 0 Å². The number of benzene rings is 1. The van der Waals surface area contributed by atoms with Gasteiger partial charge in [0.25, 0.3) is 0 Å². The van der Waals surface area contributed by atoms with Crippen LogP contribution in [0.25, 0.3) is 0 Å². The highest BCUT2D eigenvalue weighted by atomic mass is 79.9. The molecule has 2 N–H and O–H groups in total. The molecule has 0 bridgehead atoms. The summed E-state index contributed by atoms with van der Waals surface area (Å²) in [6.07, 6.45) is 0. The van der Waals surface area contributed by atoms with Crippen molar-refractivity contribution in [2.24, 2.45) is 0 Å². The molecule has 4 heteroatoms. The van der Waals surface area contributed by atoms with Gasteiger partial charge in [-0.15, -0.1) is 0 Å². The molecule has 0 amide bonds. The zero-order valence-corrected chi connectivity index (χ0v) is 11.3. The molecular formula is C12H17BrFNO. The summed E-state index contributed by atoms with van der Waals surface area (Å²) >= 11 is 3.36. The van der Waals surface area contributed by atoms with Crippen LogP contribution in [0, 0.1) is 5.82 Å². The first-order valence-electron chi connectivity index (χ1n) is 5.20. The largest absolute Gasteiger partial charge is 0.389 e. The van der Waals surface area contributed by atoms with Crippen molar-refractivity contribution in [1.29, 1.82) is 0 Å². The van der Waals surface area contributed by atoms with Crippen molar-refractivity contribution in [3.63, 3.8) is 0 Å². The minimum Gasteiger partial charge on any atom is -0.389 e. The van der Waals surface area contributed by atoms with E-state index in [1.807, 2.05) is 6.92 Å². The summed E-state index contributed by atoms with van der Waals surface area (Å²) in [5.41, 5.74) is 0.0517. The highest BCUT2D eigenvalue weighted by Crippen LogP contribution is 2.18. The Morgan fingerprint density at radius 3 is 2.69 bits per heavy atom. The molecule has 1 rings (SSSR count).